The van der Waals surface area contributed by atoms with Crippen molar-refractivity contribution in [3.05, 3.63) is 87.8 Å². The normalized spacial score (nSPS) is 10.8. The maximum Gasteiger partial charge on any atom is 0.230 e. The molecule has 0 radical (unpaired) electrons. The Morgan fingerprint density at radius 1 is 1.07 bits per heavy atom. The van der Waals surface area contributed by atoms with E-state index in [1.54, 1.807) is 35.2 Å². The zero-order chi connectivity index (χ0) is 20.1. The molecule has 29 heavy (non-hydrogen) atoms. The van der Waals surface area contributed by atoms with Crippen molar-refractivity contribution in [2.24, 2.45) is 0 Å². The van der Waals surface area contributed by atoms with E-state index in [2.05, 4.69) is 27.1 Å². The third-order valence-corrected chi connectivity index (χ3v) is 6.94. The molecule has 0 atom stereocenters. The predicted octanol–water partition coefficient (Wildman–Crippen LogP) is 6.48. The van der Waals surface area contributed by atoms with Gasteiger partial charge in [0, 0.05) is 21.6 Å². The highest BCUT2D eigenvalue weighted by Crippen LogP contribution is 2.30. The number of amides is 1. The number of thioether (sulfide) groups is 1. The van der Waals surface area contributed by atoms with Crippen LogP contribution in [-0.2, 0) is 17.0 Å². The Bertz CT molecular complexity index is 1090. The lowest BCUT2D eigenvalue weighted by Crippen LogP contribution is -2.15. The lowest BCUT2D eigenvalue weighted by atomic mass is 10.2. The molecule has 0 unspecified atom stereocenters. The molecule has 0 aliphatic rings. The first-order valence-corrected chi connectivity index (χ1v) is 11.7. The van der Waals surface area contributed by atoms with Crippen LogP contribution in [0.15, 0.2) is 75.6 Å². The van der Waals surface area contributed by atoms with E-state index in [1.807, 2.05) is 29.6 Å². The summed E-state index contributed by atoms with van der Waals surface area (Å²) in [6.07, 6.45) is 0.196. The number of halogens is 1. The van der Waals surface area contributed by atoms with Gasteiger partial charge in [0.15, 0.2) is 0 Å². The summed E-state index contributed by atoms with van der Waals surface area (Å²) in [7, 11) is 0. The zero-order valence-corrected chi connectivity index (χ0v) is 17.8. The fraction of sp³-hybridized carbons (Fsp3) is 0.0909. The monoisotopic (exact) mass is 440 g/mol. The van der Waals surface area contributed by atoms with Crippen LogP contribution in [0.25, 0.3) is 10.6 Å². The third-order valence-electron chi connectivity index (χ3n) is 4.12. The van der Waals surface area contributed by atoms with Gasteiger partial charge in [0.25, 0.3) is 0 Å². The van der Waals surface area contributed by atoms with Gasteiger partial charge in [-0.15, -0.1) is 23.1 Å². The van der Waals surface area contributed by atoms with Gasteiger partial charge in [-0.1, -0.05) is 12.1 Å². The van der Waals surface area contributed by atoms with Crippen LogP contribution >= 0.6 is 34.4 Å². The van der Waals surface area contributed by atoms with Gasteiger partial charge >= 0.3 is 0 Å². The summed E-state index contributed by atoms with van der Waals surface area (Å²) in [4.78, 5) is 18.1. The number of para-hydroxylation sites is 1. The second kappa shape index (κ2) is 9.35. The molecule has 2 heterocycles. The number of anilines is 1. The van der Waals surface area contributed by atoms with Crippen LogP contribution in [0.1, 0.15) is 11.3 Å². The van der Waals surface area contributed by atoms with E-state index in [0.29, 0.717) is 5.69 Å². The molecule has 7 heteroatoms. The number of aromatic nitrogens is 1. The van der Waals surface area contributed by atoms with E-state index >= 15 is 0 Å². The average Bonchev–Trinajstić information content (AvgIpc) is 3.40. The summed E-state index contributed by atoms with van der Waals surface area (Å²) in [6, 6.07) is 16.1. The van der Waals surface area contributed by atoms with Gasteiger partial charge in [-0.2, -0.15) is 11.3 Å². The molecule has 0 bridgehead atoms. The van der Waals surface area contributed by atoms with Gasteiger partial charge in [0.05, 0.1) is 17.8 Å². The number of carbonyl (C=O) groups excluding carboxylic acids is 1. The Labute approximate surface area is 180 Å². The lowest BCUT2D eigenvalue weighted by molar-refractivity contribution is -0.115. The molecular formula is C22H17FN2OS3. The van der Waals surface area contributed by atoms with E-state index in [9.17, 15) is 9.18 Å². The predicted molar refractivity (Wildman–Crippen MR) is 120 cm³/mol. The minimum atomic E-state index is -0.277. The van der Waals surface area contributed by atoms with Gasteiger partial charge < -0.3 is 5.32 Å². The van der Waals surface area contributed by atoms with Gasteiger partial charge in [-0.25, -0.2) is 9.37 Å². The van der Waals surface area contributed by atoms with Crippen molar-refractivity contribution >= 4 is 46.0 Å². The minimum absolute atomic E-state index is 0.107. The average molecular weight is 441 g/mol. The first-order valence-electron chi connectivity index (χ1n) is 8.90. The zero-order valence-electron chi connectivity index (χ0n) is 15.3. The first kappa shape index (κ1) is 19.8. The summed E-state index contributed by atoms with van der Waals surface area (Å²) >= 11 is 4.84. The smallest absolute Gasteiger partial charge is 0.230 e. The Balaban J connectivity index is 1.39. The molecule has 4 aromatic rings. The lowest BCUT2D eigenvalue weighted by Gasteiger charge is -2.10. The summed E-state index contributed by atoms with van der Waals surface area (Å²) < 4.78 is 13.1. The Kier molecular flexibility index (Phi) is 6.39. The molecule has 0 saturated carbocycles. The molecule has 3 nitrogen and oxygen atoms in total. The van der Waals surface area contributed by atoms with Crippen LogP contribution in [0.4, 0.5) is 10.1 Å². The molecule has 146 valence electrons. The molecule has 0 aliphatic carbocycles. The summed E-state index contributed by atoms with van der Waals surface area (Å²) in [5.74, 6) is 0.480. The Hall–Kier alpha value is -2.48. The molecule has 0 aliphatic heterocycles. The quantitative estimate of drug-likeness (QED) is 0.334. The molecule has 1 amide bonds. The maximum absolute atomic E-state index is 13.1. The van der Waals surface area contributed by atoms with Gasteiger partial charge in [-0.3, -0.25) is 4.79 Å². The number of hydrogen-bond acceptors (Lipinski definition) is 5. The fourth-order valence-electron chi connectivity index (χ4n) is 2.70. The standard InChI is InChI=1S/C22H17FN2OS3/c23-17-7-5-16(6-8-17)22-24-18(14-29-22)11-21(26)25-19-3-1-2-4-20(19)28-13-15-9-10-27-12-15/h1-10,12,14H,11,13H2,(H,25,26). The van der Waals surface area contributed by atoms with E-state index < -0.39 is 0 Å². The fourth-order valence-corrected chi connectivity index (χ4v) is 5.25. The van der Waals surface area contributed by atoms with Crippen LogP contribution in [0, 0.1) is 5.82 Å². The highest BCUT2D eigenvalue weighted by Gasteiger charge is 2.12. The van der Waals surface area contributed by atoms with Crippen LogP contribution in [-0.4, -0.2) is 10.9 Å². The number of thiophene rings is 1. The highest BCUT2D eigenvalue weighted by molar-refractivity contribution is 7.98. The molecule has 1 N–H and O–H groups in total. The second-order valence-corrected chi connectivity index (χ2v) is 8.95. The highest BCUT2D eigenvalue weighted by atomic mass is 32.2. The minimum Gasteiger partial charge on any atom is -0.325 e. The summed E-state index contributed by atoms with van der Waals surface area (Å²) in [6.45, 7) is 0. The molecule has 0 fully saturated rings. The number of rotatable bonds is 7. The number of benzene rings is 2. The van der Waals surface area contributed by atoms with Crippen LogP contribution in [0.5, 0.6) is 0 Å². The summed E-state index contributed by atoms with van der Waals surface area (Å²) in [5.41, 5.74) is 3.64. The molecular weight excluding hydrogens is 423 g/mol. The number of hydrogen-bond donors (Lipinski definition) is 1. The van der Waals surface area contributed by atoms with Crippen LogP contribution < -0.4 is 5.32 Å². The van der Waals surface area contributed by atoms with Crippen LogP contribution in [0.2, 0.25) is 0 Å². The third kappa shape index (κ3) is 5.32. The number of carbonyl (C=O) groups is 1. The van der Waals surface area contributed by atoms with Crippen molar-refractivity contribution in [2.75, 3.05) is 5.32 Å². The molecule has 0 spiro atoms. The van der Waals surface area contributed by atoms with Gasteiger partial charge in [0.1, 0.15) is 10.8 Å². The number of nitrogens with one attached hydrogen (secondary N) is 1. The Morgan fingerprint density at radius 2 is 1.90 bits per heavy atom. The Morgan fingerprint density at radius 3 is 2.69 bits per heavy atom. The van der Waals surface area contributed by atoms with E-state index in [-0.39, 0.29) is 18.1 Å². The van der Waals surface area contributed by atoms with Crippen LogP contribution in [0.3, 0.4) is 0 Å². The first-order chi connectivity index (χ1) is 14.2. The van der Waals surface area contributed by atoms with E-state index in [4.69, 9.17) is 0 Å². The van der Waals surface area contributed by atoms with Crippen molar-refractivity contribution in [1.82, 2.24) is 4.98 Å². The topological polar surface area (TPSA) is 42.0 Å². The van der Waals surface area contributed by atoms with Crippen molar-refractivity contribution < 1.29 is 9.18 Å². The van der Waals surface area contributed by atoms with Crippen molar-refractivity contribution in [1.29, 1.82) is 0 Å². The van der Waals surface area contributed by atoms with Gasteiger partial charge in [0.2, 0.25) is 5.91 Å². The molecule has 4 rings (SSSR count). The number of nitrogens with zero attached hydrogens (tertiary/aromatic N) is 1. The molecule has 0 saturated heterocycles. The maximum atomic E-state index is 13.1. The number of thiazole rings is 1. The van der Waals surface area contributed by atoms with Crippen molar-refractivity contribution in [2.45, 2.75) is 17.1 Å². The SMILES string of the molecule is O=C(Cc1csc(-c2ccc(F)cc2)n1)Nc1ccccc1SCc1ccsc1. The summed E-state index contributed by atoms with van der Waals surface area (Å²) in [5, 5.41) is 9.85. The largest absolute Gasteiger partial charge is 0.325 e. The van der Waals surface area contributed by atoms with Crippen molar-refractivity contribution in [3.8, 4) is 10.6 Å². The molecule has 2 aromatic heterocycles. The van der Waals surface area contributed by atoms with E-state index in [1.165, 1.54) is 29.0 Å². The molecule has 2 aromatic carbocycles. The van der Waals surface area contributed by atoms with Crippen molar-refractivity contribution in [3.63, 3.8) is 0 Å². The second-order valence-electron chi connectivity index (χ2n) is 6.29. The van der Waals surface area contributed by atoms with Gasteiger partial charge in [-0.05, 0) is 58.8 Å². The van der Waals surface area contributed by atoms with E-state index in [0.717, 1.165) is 26.9 Å².